The molecule has 4 heteroatoms. The molecule has 4 aromatic rings. The zero-order chi connectivity index (χ0) is 19.5. The molecule has 2 aromatic carbocycles. The van der Waals surface area contributed by atoms with E-state index in [1.165, 1.54) is 5.56 Å². The van der Waals surface area contributed by atoms with Crippen LogP contribution in [0.25, 0.3) is 32.1 Å². The summed E-state index contributed by atoms with van der Waals surface area (Å²) in [4.78, 5) is 18.5. The highest BCUT2D eigenvalue weighted by Crippen LogP contribution is 2.41. The van der Waals surface area contributed by atoms with E-state index in [9.17, 15) is 4.79 Å². The zero-order valence-corrected chi connectivity index (χ0v) is 17.1. The molecule has 0 unspecified atom stereocenters. The van der Waals surface area contributed by atoms with E-state index in [1.807, 2.05) is 24.4 Å². The van der Waals surface area contributed by atoms with Crippen LogP contribution in [0, 0.1) is 0 Å². The van der Waals surface area contributed by atoms with Gasteiger partial charge in [-0.25, -0.2) is 0 Å². The van der Waals surface area contributed by atoms with Crippen molar-refractivity contribution in [3.8, 4) is 11.1 Å². The van der Waals surface area contributed by atoms with Crippen molar-refractivity contribution in [2.24, 2.45) is 0 Å². The number of rotatable bonds is 6. The molecule has 2 aromatic heterocycles. The molecule has 0 atom stereocenters. The minimum atomic E-state index is 0.00768. The zero-order valence-electron chi connectivity index (χ0n) is 16.3. The number of hydrogen-bond acceptors (Lipinski definition) is 3. The maximum Gasteiger partial charge on any atom is 0.262 e. The van der Waals surface area contributed by atoms with Gasteiger partial charge in [0.05, 0.1) is 5.52 Å². The second-order valence-corrected chi connectivity index (χ2v) is 8.01. The number of nitrogens with one attached hydrogen (secondary N) is 1. The third-order valence-corrected chi connectivity index (χ3v) is 6.31. The summed E-state index contributed by atoms with van der Waals surface area (Å²) < 4.78 is 1.14. The summed E-state index contributed by atoms with van der Waals surface area (Å²) in [6.45, 7) is 4.99. The van der Waals surface area contributed by atoms with Gasteiger partial charge in [0, 0.05) is 33.8 Å². The summed E-state index contributed by atoms with van der Waals surface area (Å²) in [5.41, 5.74) is 4.31. The number of amides is 1. The molecule has 0 saturated heterocycles. The van der Waals surface area contributed by atoms with E-state index < -0.39 is 0 Å². The van der Waals surface area contributed by atoms with E-state index in [4.69, 9.17) is 4.98 Å². The Kier molecular flexibility index (Phi) is 5.40. The number of benzene rings is 2. The SMILES string of the molecule is CCCCNC(=O)c1sc2c(cnc3ccc(CC)cc32)c1-c1ccccc1. The molecule has 0 saturated carbocycles. The molecular formula is C24H24N2OS. The fourth-order valence-corrected chi connectivity index (χ4v) is 4.75. The van der Waals surface area contributed by atoms with Crippen LogP contribution >= 0.6 is 11.3 Å². The third kappa shape index (κ3) is 3.40. The third-order valence-electron chi connectivity index (χ3n) is 5.08. The van der Waals surface area contributed by atoms with Crippen molar-refractivity contribution in [3.63, 3.8) is 0 Å². The van der Waals surface area contributed by atoms with E-state index in [0.717, 1.165) is 56.3 Å². The van der Waals surface area contributed by atoms with Crippen LogP contribution in [-0.4, -0.2) is 17.4 Å². The average molecular weight is 389 g/mol. The molecule has 142 valence electrons. The van der Waals surface area contributed by atoms with E-state index >= 15 is 0 Å². The molecule has 4 rings (SSSR count). The molecule has 0 bridgehead atoms. The largest absolute Gasteiger partial charge is 0.351 e. The van der Waals surface area contributed by atoms with E-state index in [2.05, 4.69) is 49.5 Å². The smallest absolute Gasteiger partial charge is 0.262 e. The number of pyridine rings is 1. The fourth-order valence-electron chi connectivity index (χ4n) is 3.51. The molecule has 3 nitrogen and oxygen atoms in total. The number of aryl methyl sites for hydroxylation is 1. The topological polar surface area (TPSA) is 42.0 Å². The van der Waals surface area contributed by atoms with Gasteiger partial charge < -0.3 is 5.32 Å². The molecule has 0 aliphatic rings. The summed E-state index contributed by atoms with van der Waals surface area (Å²) in [6, 6.07) is 16.6. The summed E-state index contributed by atoms with van der Waals surface area (Å²) in [5.74, 6) is 0.00768. The summed E-state index contributed by atoms with van der Waals surface area (Å²) in [6.07, 6.45) is 4.95. The minimum Gasteiger partial charge on any atom is -0.351 e. The molecule has 0 aliphatic heterocycles. The Bertz CT molecular complexity index is 1130. The van der Waals surface area contributed by atoms with Gasteiger partial charge in [-0.1, -0.05) is 56.7 Å². The Labute approximate surface area is 169 Å². The number of thiophene rings is 1. The quantitative estimate of drug-likeness (QED) is 0.399. The summed E-state index contributed by atoms with van der Waals surface area (Å²) >= 11 is 1.58. The molecule has 28 heavy (non-hydrogen) atoms. The van der Waals surface area contributed by atoms with Crippen molar-refractivity contribution in [3.05, 3.63) is 65.2 Å². The average Bonchev–Trinajstić information content (AvgIpc) is 3.14. The first-order chi connectivity index (χ1) is 13.7. The highest BCUT2D eigenvalue weighted by Gasteiger charge is 2.21. The predicted molar refractivity (Wildman–Crippen MR) is 119 cm³/mol. The Morgan fingerprint density at radius 1 is 1.07 bits per heavy atom. The molecule has 1 amide bonds. The van der Waals surface area contributed by atoms with Gasteiger partial charge in [0.1, 0.15) is 4.88 Å². The number of hydrogen-bond donors (Lipinski definition) is 1. The van der Waals surface area contributed by atoms with Crippen LogP contribution in [0.2, 0.25) is 0 Å². The molecule has 0 spiro atoms. The first-order valence-corrected chi connectivity index (χ1v) is 10.7. The van der Waals surface area contributed by atoms with Crippen LogP contribution in [0.15, 0.2) is 54.7 Å². The predicted octanol–water partition coefficient (Wildman–Crippen LogP) is 6.21. The fraction of sp³-hybridized carbons (Fsp3) is 0.250. The Morgan fingerprint density at radius 2 is 1.89 bits per heavy atom. The van der Waals surface area contributed by atoms with Gasteiger partial charge in [0.2, 0.25) is 0 Å². The maximum atomic E-state index is 13.0. The lowest BCUT2D eigenvalue weighted by Crippen LogP contribution is -2.23. The molecule has 0 radical (unpaired) electrons. The van der Waals surface area contributed by atoms with Crippen molar-refractivity contribution in [1.82, 2.24) is 10.3 Å². The molecule has 0 aliphatic carbocycles. The molecule has 2 heterocycles. The number of carbonyl (C=O) groups excluding carboxylic acids is 1. The van der Waals surface area contributed by atoms with E-state index in [1.54, 1.807) is 11.3 Å². The highest BCUT2D eigenvalue weighted by molar-refractivity contribution is 7.22. The highest BCUT2D eigenvalue weighted by atomic mass is 32.1. The van der Waals surface area contributed by atoms with Crippen LogP contribution < -0.4 is 5.32 Å². The standard InChI is InChI=1S/C24H24N2OS/c1-3-5-13-25-24(27)23-21(17-9-7-6-8-10-17)19-15-26-20-12-11-16(4-2)14-18(20)22(19)28-23/h6-12,14-15H,3-5,13H2,1-2H3,(H,25,27). The Balaban J connectivity index is 1.95. The number of unbranched alkanes of at least 4 members (excludes halogenated alkanes) is 1. The summed E-state index contributed by atoms with van der Waals surface area (Å²) in [7, 11) is 0. The van der Waals surface area contributed by atoms with Crippen molar-refractivity contribution in [1.29, 1.82) is 0 Å². The molecule has 1 N–H and O–H groups in total. The Hall–Kier alpha value is -2.72. The first-order valence-electron chi connectivity index (χ1n) is 9.90. The van der Waals surface area contributed by atoms with Gasteiger partial charge in [0.15, 0.2) is 0 Å². The van der Waals surface area contributed by atoms with Crippen LogP contribution in [0.3, 0.4) is 0 Å². The maximum absolute atomic E-state index is 13.0. The monoisotopic (exact) mass is 388 g/mol. The number of fused-ring (bicyclic) bond motifs is 3. The number of carbonyl (C=O) groups is 1. The van der Waals surface area contributed by atoms with Crippen LogP contribution in [0.1, 0.15) is 41.9 Å². The van der Waals surface area contributed by atoms with Crippen molar-refractivity contribution in [2.45, 2.75) is 33.1 Å². The van der Waals surface area contributed by atoms with Crippen LogP contribution in [0.5, 0.6) is 0 Å². The number of aromatic nitrogens is 1. The lowest BCUT2D eigenvalue weighted by atomic mass is 10.0. The van der Waals surface area contributed by atoms with E-state index in [-0.39, 0.29) is 5.91 Å². The van der Waals surface area contributed by atoms with Crippen molar-refractivity contribution < 1.29 is 4.79 Å². The summed E-state index contributed by atoms with van der Waals surface area (Å²) in [5, 5.41) is 5.28. The molecule has 0 fully saturated rings. The van der Waals surface area contributed by atoms with E-state index in [0.29, 0.717) is 6.54 Å². The lowest BCUT2D eigenvalue weighted by molar-refractivity contribution is 0.0958. The van der Waals surface area contributed by atoms with Gasteiger partial charge in [-0.05, 0) is 36.1 Å². The second-order valence-electron chi connectivity index (χ2n) is 6.99. The Morgan fingerprint density at radius 3 is 2.64 bits per heavy atom. The second kappa shape index (κ2) is 8.11. The first kappa shape index (κ1) is 18.6. The lowest BCUT2D eigenvalue weighted by Gasteiger charge is -2.06. The number of nitrogens with zero attached hydrogens (tertiary/aromatic N) is 1. The van der Waals surface area contributed by atoms with Crippen molar-refractivity contribution >= 4 is 38.2 Å². The van der Waals surface area contributed by atoms with Gasteiger partial charge in [-0.3, -0.25) is 9.78 Å². The van der Waals surface area contributed by atoms with Crippen molar-refractivity contribution in [2.75, 3.05) is 6.54 Å². The van der Waals surface area contributed by atoms with Crippen LogP contribution in [0.4, 0.5) is 0 Å². The van der Waals surface area contributed by atoms with Crippen LogP contribution in [-0.2, 0) is 6.42 Å². The molecular weight excluding hydrogens is 364 g/mol. The normalized spacial score (nSPS) is 11.2. The van der Waals surface area contributed by atoms with Gasteiger partial charge in [-0.2, -0.15) is 0 Å². The van der Waals surface area contributed by atoms with Gasteiger partial charge >= 0.3 is 0 Å². The van der Waals surface area contributed by atoms with Gasteiger partial charge in [-0.15, -0.1) is 11.3 Å². The van der Waals surface area contributed by atoms with Gasteiger partial charge in [0.25, 0.3) is 5.91 Å². The minimum absolute atomic E-state index is 0.00768.